The Balaban J connectivity index is 1.52. The monoisotopic (exact) mass is 351 g/mol. The number of carbonyl (C=O) groups is 2. The third kappa shape index (κ3) is 4.49. The summed E-state index contributed by atoms with van der Waals surface area (Å²) < 4.78 is 0. The molecule has 1 aliphatic heterocycles. The highest BCUT2D eigenvalue weighted by atomic mass is 16.2. The molecule has 0 saturated carbocycles. The van der Waals surface area contributed by atoms with Gasteiger partial charge in [-0.15, -0.1) is 0 Å². The summed E-state index contributed by atoms with van der Waals surface area (Å²) in [5, 5.41) is 2.74. The van der Waals surface area contributed by atoms with Crippen LogP contribution in [0.5, 0.6) is 0 Å². The molecule has 26 heavy (non-hydrogen) atoms. The van der Waals surface area contributed by atoms with Crippen LogP contribution in [0.15, 0.2) is 48.5 Å². The summed E-state index contributed by atoms with van der Waals surface area (Å²) in [6, 6.07) is 16.0. The van der Waals surface area contributed by atoms with Crippen LogP contribution in [-0.2, 0) is 16.1 Å². The van der Waals surface area contributed by atoms with Crippen LogP contribution in [0.1, 0.15) is 16.7 Å². The second kappa shape index (κ2) is 8.15. The van der Waals surface area contributed by atoms with Crippen LogP contribution in [0.2, 0.25) is 0 Å². The van der Waals surface area contributed by atoms with Crippen molar-refractivity contribution in [3.8, 4) is 0 Å². The summed E-state index contributed by atoms with van der Waals surface area (Å²) >= 11 is 0. The Kier molecular flexibility index (Phi) is 5.68. The lowest BCUT2D eigenvalue weighted by molar-refractivity contribution is -0.144. The van der Waals surface area contributed by atoms with E-state index in [1.165, 1.54) is 5.56 Å². The number of carbonyl (C=O) groups excluding carboxylic acids is 2. The van der Waals surface area contributed by atoms with Gasteiger partial charge in [0.1, 0.15) is 0 Å². The van der Waals surface area contributed by atoms with E-state index in [0.717, 1.165) is 30.8 Å². The van der Waals surface area contributed by atoms with Crippen LogP contribution in [0, 0.1) is 13.8 Å². The molecule has 5 heteroatoms. The molecule has 2 aromatic carbocycles. The summed E-state index contributed by atoms with van der Waals surface area (Å²) in [7, 11) is 0. The molecule has 0 bridgehead atoms. The minimum Gasteiger partial charge on any atom is -0.332 e. The molecule has 0 spiro atoms. The fourth-order valence-corrected chi connectivity index (χ4v) is 3.22. The lowest BCUT2D eigenvalue weighted by Gasteiger charge is -2.34. The predicted octanol–water partition coefficient (Wildman–Crippen LogP) is 2.59. The van der Waals surface area contributed by atoms with Gasteiger partial charge in [0.25, 0.3) is 0 Å². The fourth-order valence-electron chi connectivity index (χ4n) is 3.22. The third-order valence-corrected chi connectivity index (χ3v) is 4.73. The Bertz CT molecular complexity index is 781. The standard InChI is InChI=1S/C21H25N3O2/c1-16-8-9-19(17(2)14-16)22-20(25)21(26)24-12-10-23(11-13-24)15-18-6-4-3-5-7-18/h3-9,14H,10-13,15H2,1-2H3,(H,22,25). The fraction of sp³-hybridized carbons (Fsp3) is 0.333. The number of hydrogen-bond donors (Lipinski definition) is 1. The lowest BCUT2D eigenvalue weighted by Crippen LogP contribution is -2.51. The molecular formula is C21H25N3O2. The Morgan fingerprint density at radius 1 is 0.962 bits per heavy atom. The van der Waals surface area contributed by atoms with Gasteiger partial charge < -0.3 is 10.2 Å². The van der Waals surface area contributed by atoms with Gasteiger partial charge in [-0.2, -0.15) is 0 Å². The zero-order valence-corrected chi connectivity index (χ0v) is 15.4. The number of nitrogens with zero attached hydrogens (tertiary/aromatic N) is 2. The predicted molar refractivity (Wildman–Crippen MR) is 103 cm³/mol. The maximum absolute atomic E-state index is 12.4. The number of anilines is 1. The number of aryl methyl sites for hydroxylation is 2. The van der Waals surface area contributed by atoms with Gasteiger partial charge in [-0.1, -0.05) is 48.0 Å². The van der Waals surface area contributed by atoms with E-state index in [4.69, 9.17) is 0 Å². The zero-order valence-electron chi connectivity index (χ0n) is 15.4. The molecule has 1 saturated heterocycles. The van der Waals surface area contributed by atoms with Gasteiger partial charge in [-0.3, -0.25) is 14.5 Å². The van der Waals surface area contributed by atoms with Crippen LogP contribution in [0.4, 0.5) is 5.69 Å². The molecule has 0 radical (unpaired) electrons. The van der Waals surface area contributed by atoms with Crippen molar-refractivity contribution in [1.82, 2.24) is 9.80 Å². The quantitative estimate of drug-likeness (QED) is 0.865. The van der Waals surface area contributed by atoms with Crippen molar-refractivity contribution in [3.05, 3.63) is 65.2 Å². The molecular weight excluding hydrogens is 326 g/mol. The van der Waals surface area contributed by atoms with Gasteiger partial charge in [0.05, 0.1) is 0 Å². The van der Waals surface area contributed by atoms with Crippen LogP contribution >= 0.6 is 0 Å². The Morgan fingerprint density at radius 2 is 1.65 bits per heavy atom. The average molecular weight is 351 g/mol. The van der Waals surface area contributed by atoms with E-state index in [1.807, 2.05) is 50.2 Å². The molecule has 1 heterocycles. The molecule has 136 valence electrons. The van der Waals surface area contributed by atoms with Crippen molar-refractivity contribution < 1.29 is 9.59 Å². The van der Waals surface area contributed by atoms with E-state index in [1.54, 1.807) is 4.90 Å². The van der Waals surface area contributed by atoms with Gasteiger partial charge in [-0.25, -0.2) is 0 Å². The third-order valence-electron chi connectivity index (χ3n) is 4.73. The summed E-state index contributed by atoms with van der Waals surface area (Å²) in [5.41, 5.74) is 4.04. The SMILES string of the molecule is Cc1ccc(NC(=O)C(=O)N2CCN(Cc3ccccc3)CC2)c(C)c1. The van der Waals surface area contributed by atoms with E-state index in [2.05, 4.69) is 22.3 Å². The van der Waals surface area contributed by atoms with E-state index < -0.39 is 11.8 Å². The van der Waals surface area contributed by atoms with Crippen molar-refractivity contribution in [3.63, 3.8) is 0 Å². The molecule has 0 aliphatic carbocycles. The van der Waals surface area contributed by atoms with Crippen LogP contribution in [0.3, 0.4) is 0 Å². The smallest absolute Gasteiger partial charge is 0.313 e. The second-order valence-corrected chi connectivity index (χ2v) is 6.83. The molecule has 2 amide bonds. The number of amides is 2. The van der Waals surface area contributed by atoms with Crippen molar-refractivity contribution in [2.24, 2.45) is 0 Å². The number of benzene rings is 2. The largest absolute Gasteiger partial charge is 0.332 e. The molecule has 0 aromatic heterocycles. The normalized spacial score (nSPS) is 14.9. The highest BCUT2D eigenvalue weighted by Gasteiger charge is 2.26. The summed E-state index contributed by atoms with van der Waals surface area (Å²) in [6.45, 7) is 7.50. The Labute approximate surface area is 154 Å². The van der Waals surface area contributed by atoms with E-state index in [-0.39, 0.29) is 0 Å². The summed E-state index contributed by atoms with van der Waals surface area (Å²) in [4.78, 5) is 28.7. The summed E-state index contributed by atoms with van der Waals surface area (Å²) in [5.74, 6) is -1.02. The first-order chi connectivity index (χ1) is 12.5. The number of hydrogen-bond acceptors (Lipinski definition) is 3. The highest BCUT2D eigenvalue weighted by molar-refractivity contribution is 6.39. The lowest BCUT2D eigenvalue weighted by atomic mass is 10.1. The minimum absolute atomic E-state index is 0.454. The van der Waals surface area contributed by atoms with Gasteiger partial charge in [0.2, 0.25) is 0 Å². The molecule has 1 aliphatic rings. The van der Waals surface area contributed by atoms with Crippen molar-refractivity contribution in [1.29, 1.82) is 0 Å². The van der Waals surface area contributed by atoms with Crippen molar-refractivity contribution >= 4 is 17.5 Å². The minimum atomic E-state index is -0.562. The molecule has 1 N–H and O–H groups in total. The number of rotatable bonds is 3. The van der Waals surface area contributed by atoms with Crippen LogP contribution in [0.25, 0.3) is 0 Å². The topological polar surface area (TPSA) is 52.7 Å². The zero-order chi connectivity index (χ0) is 18.5. The summed E-state index contributed by atoms with van der Waals surface area (Å²) in [6.07, 6.45) is 0. The van der Waals surface area contributed by atoms with E-state index >= 15 is 0 Å². The van der Waals surface area contributed by atoms with Gasteiger partial charge in [-0.05, 0) is 31.0 Å². The first kappa shape index (κ1) is 18.1. The molecule has 1 fully saturated rings. The maximum Gasteiger partial charge on any atom is 0.313 e. The van der Waals surface area contributed by atoms with Crippen LogP contribution < -0.4 is 5.32 Å². The number of nitrogens with one attached hydrogen (secondary N) is 1. The molecule has 5 nitrogen and oxygen atoms in total. The first-order valence-electron chi connectivity index (χ1n) is 8.97. The Morgan fingerprint density at radius 3 is 2.31 bits per heavy atom. The van der Waals surface area contributed by atoms with Crippen LogP contribution in [-0.4, -0.2) is 47.8 Å². The Hall–Kier alpha value is -2.66. The van der Waals surface area contributed by atoms with Gasteiger partial charge in [0.15, 0.2) is 0 Å². The van der Waals surface area contributed by atoms with Gasteiger partial charge >= 0.3 is 11.8 Å². The molecule has 0 atom stereocenters. The second-order valence-electron chi connectivity index (χ2n) is 6.83. The van der Waals surface area contributed by atoms with Gasteiger partial charge in [0, 0.05) is 38.4 Å². The molecule has 0 unspecified atom stereocenters. The number of piperazine rings is 1. The highest BCUT2D eigenvalue weighted by Crippen LogP contribution is 2.16. The van der Waals surface area contributed by atoms with E-state index in [9.17, 15) is 9.59 Å². The average Bonchev–Trinajstić information content (AvgIpc) is 2.65. The molecule has 3 rings (SSSR count). The van der Waals surface area contributed by atoms with Crippen molar-refractivity contribution in [2.75, 3.05) is 31.5 Å². The van der Waals surface area contributed by atoms with E-state index in [0.29, 0.717) is 18.8 Å². The van der Waals surface area contributed by atoms with Crippen molar-refractivity contribution in [2.45, 2.75) is 20.4 Å². The maximum atomic E-state index is 12.4. The first-order valence-corrected chi connectivity index (χ1v) is 8.97. The molecule has 2 aromatic rings.